The molecule has 0 aliphatic carbocycles. The van der Waals surface area contributed by atoms with Crippen molar-refractivity contribution >= 4 is 11.9 Å². The third kappa shape index (κ3) is 3.63. The zero-order chi connectivity index (χ0) is 21.3. The van der Waals surface area contributed by atoms with Crippen LogP contribution in [0.5, 0.6) is 0 Å². The van der Waals surface area contributed by atoms with Crippen molar-refractivity contribution in [1.82, 2.24) is 9.47 Å². The fourth-order valence-electron chi connectivity index (χ4n) is 4.34. The minimum absolute atomic E-state index is 0.0384. The quantitative estimate of drug-likeness (QED) is 0.661. The van der Waals surface area contributed by atoms with Crippen LogP contribution in [0, 0.1) is 13.8 Å². The monoisotopic (exact) mass is 402 g/mol. The smallest absolute Gasteiger partial charge is 0.337 e. The van der Waals surface area contributed by atoms with E-state index in [1.165, 1.54) is 6.42 Å². The number of aromatic carboxylic acids is 1. The van der Waals surface area contributed by atoms with Crippen LogP contribution in [-0.4, -0.2) is 39.5 Å². The number of likely N-dealkylation sites (tertiary alicyclic amines) is 1. The summed E-state index contributed by atoms with van der Waals surface area (Å²) in [5.41, 5.74) is 5.20. The van der Waals surface area contributed by atoms with Crippen molar-refractivity contribution < 1.29 is 14.7 Å². The largest absolute Gasteiger partial charge is 0.478 e. The van der Waals surface area contributed by atoms with Crippen molar-refractivity contribution in [3.8, 4) is 16.8 Å². The van der Waals surface area contributed by atoms with E-state index in [2.05, 4.69) is 0 Å². The first-order chi connectivity index (χ1) is 14.5. The highest BCUT2D eigenvalue weighted by Crippen LogP contribution is 2.32. The number of carbonyl (C=O) groups is 2. The van der Waals surface area contributed by atoms with Crippen LogP contribution >= 0.6 is 0 Å². The topological polar surface area (TPSA) is 62.5 Å². The molecular formula is C25H26N2O3. The maximum atomic E-state index is 13.1. The first-order valence-corrected chi connectivity index (χ1v) is 10.4. The SMILES string of the molecule is Cc1cc(C(=O)O)c(C)n1-c1cc(C(=O)N2CCCCC2)ccc1-c1ccccc1. The van der Waals surface area contributed by atoms with Gasteiger partial charge < -0.3 is 14.6 Å². The lowest BCUT2D eigenvalue weighted by molar-refractivity contribution is 0.0693. The second kappa shape index (κ2) is 8.19. The van der Waals surface area contributed by atoms with Crippen LogP contribution in [-0.2, 0) is 0 Å². The molecule has 5 nitrogen and oxygen atoms in total. The third-order valence-corrected chi connectivity index (χ3v) is 5.88. The lowest BCUT2D eigenvalue weighted by Crippen LogP contribution is -2.35. The van der Waals surface area contributed by atoms with E-state index in [1.807, 2.05) is 71.8 Å². The number of amides is 1. The van der Waals surface area contributed by atoms with Gasteiger partial charge in [0.15, 0.2) is 0 Å². The summed E-state index contributed by atoms with van der Waals surface area (Å²) in [6.45, 7) is 5.29. The molecule has 1 amide bonds. The van der Waals surface area contributed by atoms with Crippen LogP contribution in [0.1, 0.15) is 51.4 Å². The number of hydrogen-bond acceptors (Lipinski definition) is 2. The molecule has 0 radical (unpaired) electrons. The molecule has 1 fully saturated rings. The maximum Gasteiger partial charge on any atom is 0.337 e. The van der Waals surface area contributed by atoms with Crippen LogP contribution in [0.15, 0.2) is 54.6 Å². The molecule has 2 heterocycles. The summed E-state index contributed by atoms with van der Waals surface area (Å²) < 4.78 is 1.94. The van der Waals surface area contributed by atoms with Gasteiger partial charge in [0.1, 0.15) is 0 Å². The van der Waals surface area contributed by atoms with E-state index in [0.717, 1.165) is 48.4 Å². The predicted molar refractivity (Wildman–Crippen MR) is 117 cm³/mol. The Morgan fingerprint density at radius 2 is 1.60 bits per heavy atom. The molecule has 4 rings (SSSR count). The summed E-state index contributed by atoms with van der Waals surface area (Å²) in [6.07, 6.45) is 3.25. The number of carbonyl (C=O) groups excluding carboxylic acids is 1. The normalized spacial score (nSPS) is 14.0. The first kappa shape index (κ1) is 20.0. The first-order valence-electron chi connectivity index (χ1n) is 10.4. The van der Waals surface area contributed by atoms with E-state index in [0.29, 0.717) is 11.3 Å². The zero-order valence-corrected chi connectivity index (χ0v) is 17.4. The Balaban J connectivity index is 1.88. The predicted octanol–water partition coefficient (Wildman–Crippen LogP) is 5.09. The number of rotatable bonds is 4. The molecule has 3 aromatic rings. The minimum Gasteiger partial charge on any atom is -0.478 e. The Hall–Kier alpha value is -3.34. The number of piperidine rings is 1. The Bertz CT molecular complexity index is 1090. The van der Waals surface area contributed by atoms with E-state index in [4.69, 9.17) is 0 Å². The molecule has 1 N–H and O–H groups in total. The number of carboxylic acid groups (broad SMARTS) is 1. The summed E-state index contributed by atoms with van der Waals surface area (Å²) in [5.74, 6) is -0.910. The van der Waals surface area contributed by atoms with Gasteiger partial charge in [0.2, 0.25) is 0 Å². The highest BCUT2D eigenvalue weighted by atomic mass is 16.4. The van der Waals surface area contributed by atoms with E-state index in [1.54, 1.807) is 6.07 Å². The molecule has 1 aromatic heterocycles. The van der Waals surface area contributed by atoms with Crippen molar-refractivity contribution in [2.75, 3.05) is 13.1 Å². The van der Waals surface area contributed by atoms with Crippen molar-refractivity contribution in [3.63, 3.8) is 0 Å². The highest BCUT2D eigenvalue weighted by molar-refractivity contribution is 5.96. The molecule has 5 heteroatoms. The van der Waals surface area contributed by atoms with Crippen molar-refractivity contribution in [2.24, 2.45) is 0 Å². The van der Waals surface area contributed by atoms with Crippen LogP contribution in [0.4, 0.5) is 0 Å². The zero-order valence-electron chi connectivity index (χ0n) is 17.4. The Kier molecular flexibility index (Phi) is 5.44. The summed E-state index contributed by atoms with van der Waals surface area (Å²) in [4.78, 5) is 26.7. The van der Waals surface area contributed by atoms with E-state index in [9.17, 15) is 14.7 Å². The Morgan fingerprint density at radius 1 is 0.900 bits per heavy atom. The second-order valence-electron chi connectivity index (χ2n) is 7.88. The molecule has 0 atom stereocenters. The average molecular weight is 402 g/mol. The van der Waals surface area contributed by atoms with Crippen LogP contribution in [0.3, 0.4) is 0 Å². The summed E-state index contributed by atoms with van der Waals surface area (Å²) in [7, 11) is 0. The molecule has 1 aliphatic rings. The molecule has 30 heavy (non-hydrogen) atoms. The van der Waals surface area contributed by atoms with E-state index >= 15 is 0 Å². The number of aryl methyl sites for hydroxylation is 1. The van der Waals surface area contributed by atoms with Gasteiger partial charge >= 0.3 is 5.97 Å². The molecule has 1 aliphatic heterocycles. The third-order valence-electron chi connectivity index (χ3n) is 5.88. The molecule has 1 saturated heterocycles. The molecule has 0 bridgehead atoms. The maximum absolute atomic E-state index is 13.1. The van der Waals surface area contributed by atoms with Crippen LogP contribution in [0.2, 0.25) is 0 Å². The lowest BCUT2D eigenvalue weighted by atomic mass is 10.00. The van der Waals surface area contributed by atoms with Gasteiger partial charge in [-0.05, 0) is 56.9 Å². The molecular weight excluding hydrogens is 376 g/mol. The number of aromatic nitrogens is 1. The summed E-state index contributed by atoms with van der Waals surface area (Å²) >= 11 is 0. The number of carboxylic acids is 1. The van der Waals surface area contributed by atoms with Gasteiger partial charge in [0.05, 0.1) is 11.3 Å². The van der Waals surface area contributed by atoms with Crippen LogP contribution in [0.25, 0.3) is 16.8 Å². The number of hydrogen-bond donors (Lipinski definition) is 1. The molecule has 154 valence electrons. The van der Waals surface area contributed by atoms with Gasteiger partial charge in [0, 0.05) is 35.6 Å². The molecule has 0 unspecified atom stereocenters. The lowest BCUT2D eigenvalue weighted by Gasteiger charge is -2.27. The Labute approximate surface area is 176 Å². The summed E-state index contributed by atoms with van der Waals surface area (Å²) in [5, 5.41) is 9.58. The standard InChI is InChI=1S/C25H26N2O3/c1-17-15-22(25(29)30)18(2)27(17)23-16-20(24(28)26-13-7-4-8-14-26)11-12-21(23)19-9-5-3-6-10-19/h3,5-6,9-12,15-16H,4,7-8,13-14H2,1-2H3,(H,29,30). The van der Waals surface area contributed by atoms with Gasteiger partial charge in [-0.2, -0.15) is 0 Å². The Morgan fingerprint density at radius 3 is 2.23 bits per heavy atom. The fourth-order valence-corrected chi connectivity index (χ4v) is 4.34. The molecule has 2 aromatic carbocycles. The minimum atomic E-state index is -0.948. The van der Waals surface area contributed by atoms with Gasteiger partial charge in [-0.15, -0.1) is 0 Å². The molecule has 0 saturated carbocycles. The van der Waals surface area contributed by atoms with Crippen molar-refractivity contribution in [2.45, 2.75) is 33.1 Å². The second-order valence-corrected chi connectivity index (χ2v) is 7.88. The van der Waals surface area contributed by atoms with Crippen molar-refractivity contribution in [3.05, 3.63) is 77.1 Å². The van der Waals surface area contributed by atoms with Gasteiger partial charge in [-0.1, -0.05) is 36.4 Å². The number of benzene rings is 2. The van der Waals surface area contributed by atoms with E-state index < -0.39 is 5.97 Å². The van der Waals surface area contributed by atoms with Gasteiger partial charge in [-0.3, -0.25) is 4.79 Å². The highest BCUT2D eigenvalue weighted by Gasteiger charge is 2.22. The molecule has 0 spiro atoms. The van der Waals surface area contributed by atoms with Gasteiger partial charge in [-0.25, -0.2) is 4.79 Å². The van der Waals surface area contributed by atoms with Gasteiger partial charge in [0.25, 0.3) is 5.91 Å². The number of nitrogens with zero attached hydrogens (tertiary/aromatic N) is 2. The average Bonchev–Trinajstić information content (AvgIpc) is 3.08. The van der Waals surface area contributed by atoms with Crippen molar-refractivity contribution in [1.29, 1.82) is 0 Å². The van der Waals surface area contributed by atoms with E-state index in [-0.39, 0.29) is 11.5 Å². The summed E-state index contributed by atoms with van der Waals surface area (Å²) in [6, 6.07) is 17.4. The van der Waals surface area contributed by atoms with Crippen LogP contribution < -0.4 is 0 Å². The fraction of sp³-hybridized carbons (Fsp3) is 0.280.